The van der Waals surface area contributed by atoms with E-state index in [4.69, 9.17) is 10.5 Å². The van der Waals surface area contributed by atoms with Crippen molar-refractivity contribution in [2.75, 3.05) is 37.0 Å². The molecule has 1 amide bonds. The second-order valence-corrected chi connectivity index (χ2v) is 5.41. The highest BCUT2D eigenvalue weighted by Gasteiger charge is 2.17. The molecule has 0 bridgehead atoms. The molecular formula is C16H25N3O2. The fourth-order valence-corrected chi connectivity index (χ4v) is 2.66. The predicted octanol–water partition coefficient (Wildman–Crippen LogP) is 1.98. The summed E-state index contributed by atoms with van der Waals surface area (Å²) in [5.74, 6) is -0.0586. The molecule has 1 aromatic carbocycles. The SMILES string of the molecule is COC(CN)CC(=O)Nc1ccccc1N1CCCCC1. The van der Waals surface area contributed by atoms with Crippen LogP contribution < -0.4 is 16.0 Å². The van der Waals surface area contributed by atoms with Crippen LogP contribution in [-0.2, 0) is 9.53 Å². The van der Waals surface area contributed by atoms with Crippen molar-refractivity contribution in [3.8, 4) is 0 Å². The second kappa shape index (κ2) is 8.00. The zero-order valence-corrected chi connectivity index (χ0v) is 12.7. The third kappa shape index (κ3) is 4.44. The largest absolute Gasteiger partial charge is 0.380 e. The van der Waals surface area contributed by atoms with Gasteiger partial charge < -0.3 is 20.7 Å². The van der Waals surface area contributed by atoms with Crippen molar-refractivity contribution in [1.82, 2.24) is 0 Å². The summed E-state index contributed by atoms with van der Waals surface area (Å²) in [6.07, 6.45) is 3.76. The molecule has 1 fully saturated rings. The van der Waals surface area contributed by atoms with Gasteiger partial charge in [-0.3, -0.25) is 4.79 Å². The first-order valence-corrected chi connectivity index (χ1v) is 7.61. The number of nitrogens with two attached hydrogens (primary N) is 1. The lowest BCUT2D eigenvalue weighted by atomic mass is 10.1. The number of hydrogen-bond acceptors (Lipinski definition) is 4. The van der Waals surface area contributed by atoms with Gasteiger partial charge in [-0.05, 0) is 31.4 Å². The third-order valence-corrected chi connectivity index (χ3v) is 3.88. The predicted molar refractivity (Wildman–Crippen MR) is 85.6 cm³/mol. The molecule has 3 N–H and O–H groups in total. The number of carbonyl (C=O) groups is 1. The van der Waals surface area contributed by atoms with Gasteiger partial charge in [0.05, 0.1) is 23.9 Å². The van der Waals surface area contributed by atoms with Crippen molar-refractivity contribution in [2.45, 2.75) is 31.8 Å². The molecule has 1 atom stereocenters. The van der Waals surface area contributed by atoms with Crippen LogP contribution in [0.3, 0.4) is 0 Å². The lowest BCUT2D eigenvalue weighted by molar-refractivity contribution is -0.118. The van der Waals surface area contributed by atoms with E-state index in [2.05, 4.69) is 16.3 Å². The molecule has 0 spiro atoms. The average Bonchev–Trinajstić information content (AvgIpc) is 2.54. The number of rotatable bonds is 6. The van der Waals surface area contributed by atoms with Gasteiger partial charge >= 0.3 is 0 Å². The first kappa shape index (κ1) is 15.8. The Labute approximate surface area is 126 Å². The molecule has 1 aliphatic heterocycles. The van der Waals surface area contributed by atoms with Crippen LogP contribution in [0, 0.1) is 0 Å². The summed E-state index contributed by atoms with van der Waals surface area (Å²) < 4.78 is 5.16. The first-order chi connectivity index (χ1) is 10.2. The topological polar surface area (TPSA) is 67.6 Å². The molecule has 5 nitrogen and oxygen atoms in total. The molecular weight excluding hydrogens is 266 g/mol. The van der Waals surface area contributed by atoms with E-state index in [0.717, 1.165) is 24.5 Å². The van der Waals surface area contributed by atoms with Crippen LogP contribution in [0.15, 0.2) is 24.3 Å². The number of nitrogens with zero attached hydrogens (tertiary/aromatic N) is 1. The minimum Gasteiger partial charge on any atom is -0.380 e. The summed E-state index contributed by atoms with van der Waals surface area (Å²) in [5.41, 5.74) is 7.53. The van der Waals surface area contributed by atoms with E-state index in [9.17, 15) is 4.79 Å². The second-order valence-electron chi connectivity index (χ2n) is 5.41. The fraction of sp³-hybridized carbons (Fsp3) is 0.562. The van der Waals surface area contributed by atoms with Gasteiger partial charge in [-0.15, -0.1) is 0 Å². The van der Waals surface area contributed by atoms with Gasteiger partial charge in [0.2, 0.25) is 5.91 Å². The highest BCUT2D eigenvalue weighted by molar-refractivity contribution is 5.94. The molecule has 116 valence electrons. The van der Waals surface area contributed by atoms with Crippen LogP contribution >= 0.6 is 0 Å². The van der Waals surface area contributed by atoms with Crippen LogP contribution in [0.25, 0.3) is 0 Å². The van der Waals surface area contributed by atoms with Crippen LogP contribution in [0.1, 0.15) is 25.7 Å². The molecule has 0 aromatic heterocycles. The molecule has 1 aromatic rings. The van der Waals surface area contributed by atoms with Crippen LogP contribution in [0.4, 0.5) is 11.4 Å². The van der Waals surface area contributed by atoms with Crippen molar-refractivity contribution in [1.29, 1.82) is 0 Å². The van der Waals surface area contributed by atoms with Gasteiger partial charge in [0, 0.05) is 26.7 Å². The maximum atomic E-state index is 12.1. The normalized spacial score (nSPS) is 16.6. The Morgan fingerprint density at radius 3 is 2.71 bits per heavy atom. The Morgan fingerprint density at radius 1 is 1.33 bits per heavy atom. The summed E-state index contributed by atoms with van der Waals surface area (Å²) >= 11 is 0. The Balaban J connectivity index is 2.04. The minimum atomic E-state index is -0.229. The molecule has 0 aliphatic carbocycles. The number of para-hydroxylation sites is 2. The van der Waals surface area contributed by atoms with Gasteiger partial charge in [0.15, 0.2) is 0 Å². The standard InChI is InChI=1S/C16H25N3O2/c1-21-13(12-17)11-16(20)18-14-7-3-4-8-15(14)19-9-5-2-6-10-19/h3-4,7-8,13H,2,5-6,9-12,17H2,1H3,(H,18,20). The van der Waals surface area contributed by atoms with Gasteiger partial charge in [-0.2, -0.15) is 0 Å². The van der Waals surface area contributed by atoms with E-state index < -0.39 is 0 Å². The van der Waals surface area contributed by atoms with Crippen molar-refractivity contribution in [3.63, 3.8) is 0 Å². The molecule has 1 saturated heterocycles. The Morgan fingerprint density at radius 2 is 2.05 bits per heavy atom. The van der Waals surface area contributed by atoms with Crippen LogP contribution in [0.2, 0.25) is 0 Å². The van der Waals surface area contributed by atoms with E-state index in [1.165, 1.54) is 19.3 Å². The number of nitrogens with one attached hydrogen (secondary N) is 1. The van der Waals surface area contributed by atoms with E-state index >= 15 is 0 Å². The summed E-state index contributed by atoms with van der Waals surface area (Å²) in [6.45, 7) is 2.45. The fourth-order valence-electron chi connectivity index (χ4n) is 2.66. The monoisotopic (exact) mass is 291 g/mol. The number of ether oxygens (including phenoxy) is 1. The van der Waals surface area contributed by atoms with E-state index in [1.54, 1.807) is 7.11 Å². The highest BCUT2D eigenvalue weighted by atomic mass is 16.5. The Bertz CT molecular complexity index is 455. The first-order valence-electron chi connectivity index (χ1n) is 7.61. The molecule has 0 saturated carbocycles. The lowest BCUT2D eigenvalue weighted by Crippen LogP contribution is -2.31. The van der Waals surface area contributed by atoms with E-state index in [-0.39, 0.29) is 18.4 Å². The Hall–Kier alpha value is -1.59. The summed E-state index contributed by atoms with van der Waals surface area (Å²) in [4.78, 5) is 14.5. The van der Waals surface area contributed by atoms with Gasteiger partial charge in [-0.25, -0.2) is 0 Å². The average molecular weight is 291 g/mol. The molecule has 0 radical (unpaired) electrons. The lowest BCUT2D eigenvalue weighted by Gasteiger charge is -2.30. The van der Waals surface area contributed by atoms with Crippen LogP contribution in [0.5, 0.6) is 0 Å². The molecule has 21 heavy (non-hydrogen) atoms. The van der Waals surface area contributed by atoms with Gasteiger partial charge in [0.1, 0.15) is 0 Å². The summed E-state index contributed by atoms with van der Waals surface area (Å²) in [5, 5.41) is 2.99. The van der Waals surface area contributed by atoms with Crippen molar-refractivity contribution >= 4 is 17.3 Å². The number of anilines is 2. The zero-order chi connectivity index (χ0) is 15.1. The van der Waals surface area contributed by atoms with Crippen molar-refractivity contribution in [3.05, 3.63) is 24.3 Å². The van der Waals surface area contributed by atoms with Crippen molar-refractivity contribution < 1.29 is 9.53 Å². The highest BCUT2D eigenvalue weighted by Crippen LogP contribution is 2.28. The van der Waals surface area contributed by atoms with E-state index in [1.807, 2.05) is 18.2 Å². The third-order valence-electron chi connectivity index (χ3n) is 3.88. The quantitative estimate of drug-likeness (QED) is 0.841. The number of benzene rings is 1. The van der Waals surface area contributed by atoms with Gasteiger partial charge in [-0.1, -0.05) is 12.1 Å². The molecule has 2 rings (SSSR count). The summed E-state index contributed by atoms with van der Waals surface area (Å²) in [7, 11) is 1.58. The Kier molecular flexibility index (Phi) is 6.02. The zero-order valence-electron chi connectivity index (χ0n) is 12.7. The number of methoxy groups -OCH3 is 1. The minimum absolute atomic E-state index is 0.0586. The molecule has 1 heterocycles. The summed E-state index contributed by atoms with van der Waals surface area (Å²) in [6, 6.07) is 7.97. The molecule has 5 heteroatoms. The number of hydrogen-bond donors (Lipinski definition) is 2. The number of carbonyl (C=O) groups excluding carboxylic acids is 1. The maximum absolute atomic E-state index is 12.1. The maximum Gasteiger partial charge on any atom is 0.227 e. The number of amides is 1. The van der Waals surface area contributed by atoms with E-state index in [0.29, 0.717) is 6.54 Å². The smallest absolute Gasteiger partial charge is 0.227 e. The number of piperidine rings is 1. The van der Waals surface area contributed by atoms with Crippen molar-refractivity contribution in [2.24, 2.45) is 5.73 Å². The molecule has 1 aliphatic rings. The van der Waals surface area contributed by atoms with Gasteiger partial charge in [0.25, 0.3) is 0 Å². The van der Waals surface area contributed by atoms with Crippen LogP contribution in [-0.4, -0.2) is 38.8 Å². The molecule has 1 unspecified atom stereocenters.